The van der Waals surface area contributed by atoms with Gasteiger partial charge in [0.1, 0.15) is 11.6 Å². The summed E-state index contributed by atoms with van der Waals surface area (Å²) in [6.07, 6.45) is 6.67. The minimum atomic E-state index is -0.914. The molecule has 3 rings (SSSR count). The van der Waals surface area contributed by atoms with Gasteiger partial charge in [-0.15, -0.1) is 0 Å². The van der Waals surface area contributed by atoms with Crippen LogP contribution in [0.2, 0.25) is 0 Å². The van der Waals surface area contributed by atoms with Crippen molar-refractivity contribution in [2.75, 3.05) is 0 Å². The van der Waals surface area contributed by atoms with E-state index in [1.807, 2.05) is 74.5 Å². The second kappa shape index (κ2) is 13.1. The van der Waals surface area contributed by atoms with Crippen LogP contribution in [0.3, 0.4) is 0 Å². The average molecular weight is 479 g/mol. The van der Waals surface area contributed by atoms with Crippen molar-refractivity contribution in [3.05, 3.63) is 71.8 Å². The Balaban J connectivity index is 1.66. The number of carbonyl (C=O) groups excluding carboxylic acids is 3. The molecule has 1 saturated carbocycles. The van der Waals surface area contributed by atoms with Crippen molar-refractivity contribution in [3.8, 4) is 0 Å². The fraction of sp³-hybridized carbons (Fsp3) is 0.483. The quantitative estimate of drug-likeness (QED) is 0.408. The summed E-state index contributed by atoms with van der Waals surface area (Å²) in [4.78, 5) is 38.8. The average Bonchev–Trinajstić information content (AvgIpc) is 2.87. The maximum absolute atomic E-state index is 13.0. The van der Waals surface area contributed by atoms with Gasteiger partial charge < -0.3 is 15.4 Å². The Labute approximate surface area is 208 Å². The number of Topliss-reactive ketones (excluding diaryl/α,β-unsaturated/α-hetero) is 1. The van der Waals surface area contributed by atoms with E-state index in [9.17, 15) is 14.4 Å². The first-order valence-corrected chi connectivity index (χ1v) is 12.9. The topological polar surface area (TPSA) is 84.5 Å². The molecule has 1 fully saturated rings. The molecule has 0 aromatic heterocycles. The Morgan fingerprint density at radius 3 is 2.17 bits per heavy atom. The molecular weight excluding hydrogens is 440 g/mol. The highest BCUT2D eigenvalue weighted by Crippen LogP contribution is 2.35. The van der Waals surface area contributed by atoms with Crippen LogP contribution in [0.25, 0.3) is 0 Å². The number of unbranched alkanes of at least 4 members (excludes halogenated alkanes) is 1. The highest BCUT2D eigenvalue weighted by molar-refractivity contribution is 6.38. The molecule has 0 saturated heterocycles. The third-order valence-electron chi connectivity index (χ3n) is 6.77. The zero-order valence-electron chi connectivity index (χ0n) is 20.9. The second-order valence-electron chi connectivity index (χ2n) is 9.60. The largest absolute Gasteiger partial charge is 0.443 e. The number of alkyl carbamates (subject to hydrolysis) is 1. The van der Waals surface area contributed by atoms with Gasteiger partial charge in [0.15, 0.2) is 0 Å². The predicted molar refractivity (Wildman–Crippen MR) is 137 cm³/mol. The van der Waals surface area contributed by atoms with Crippen LogP contribution >= 0.6 is 0 Å². The van der Waals surface area contributed by atoms with Crippen LogP contribution in [0.15, 0.2) is 60.7 Å². The summed E-state index contributed by atoms with van der Waals surface area (Å²) in [6, 6.07) is 18.3. The number of nitrogens with one attached hydrogen (secondary N) is 2. The van der Waals surface area contributed by atoms with Gasteiger partial charge in [0.25, 0.3) is 5.91 Å². The maximum Gasteiger partial charge on any atom is 0.408 e. The molecule has 6 nitrogen and oxygen atoms in total. The van der Waals surface area contributed by atoms with E-state index >= 15 is 0 Å². The second-order valence-corrected chi connectivity index (χ2v) is 9.60. The lowest BCUT2D eigenvalue weighted by molar-refractivity contribution is -0.139. The molecule has 35 heavy (non-hydrogen) atoms. The molecule has 0 aliphatic heterocycles. The summed E-state index contributed by atoms with van der Waals surface area (Å²) in [5.41, 5.74) is 1.44. The first kappa shape index (κ1) is 26.5. The Kier molecular flexibility index (Phi) is 9.88. The molecule has 6 heteroatoms. The molecular formula is C29H38N2O4. The molecule has 188 valence electrons. The van der Waals surface area contributed by atoms with Crippen molar-refractivity contribution in [1.82, 2.24) is 10.6 Å². The third kappa shape index (κ3) is 7.94. The van der Waals surface area contributed by atoms with Gasteiger partial charge in [-0.25, -0.2) is 4.79 Å². The highest BCUT2D eigenvalue weighted by atomic mass is 16.6. The van der Waals surface area contributed by atoms with Gasteiger partial charge in [0, 0.05) is 6.42 Å². The van der Waals surface area contributed by atoms with E-state index in [1.165, 1.54) is 0 Å². The molecule has 0 spiro atoms. The first-order valence-electron chi connectivity index (χ1n) is 12.9. The van der Waals surface area contributed by atoms with E-state index in [2.05, 4.69) is 10.6 Å². The predicted octanol–water partition coefficient (Wildman–Crippen LogP) is 5.66. The molecule has 0 heterocycles. The minimum Gasteiger partial charge on any atom is -0.443 e. The number of ether oxygens (including phenoxy) is 1. The molecule has 0 radical (unpaired) electrons. The summed E-state index contributed by atoms with van der Waals surface area (Å²) in [7, 11) is 0. The van der Waals surface area contributed by atoms with Gasteiger partial charge in [-0.1, -0.05) is 86.8 Å². The van der Waals surface area contributed by atoms with Gasteiger partial charge in [-0.2, -0.15) is 0 Å². The van der Waals surface area contributed by atoms with Crippen molar-refractivity contribution in [3.63, 3.8) is 0 Å². The number of benzene rings is 2. The molecule has 2 amide bonds. The van der Waals surface area contributed by atoms with Crippen LogP contribution in [0, 0.1) is 0 Å². The Hall–Kier alpha value is -3.15. The number of amides is 2. The highest BCUT2D eigenvalue weighted by Gasteiger charge is 2.37. The molecule has 2 aromatic carbocycles. The smallest absolute Gasteiger partial charge is 0.408 e. The van der Waals surface area contributed by atoms with Crippen molar-refractivity contribution in [2.24, 2.45) is 0 Å². The van der Waals surface area contributed by atoms with Gasteiger partial charge in [-0.05, 0) is 50.2 Å². The molecule has 2 N–H and O–H groups in total. The van der Waals surface area contributed by atoms with Crippen molar-refractivity contribution in [1.29, 1.82) is 0 Å². The van der Waals surface area contributed by atoms with E-state index in [-0.39, 0.29) is 6.04 Å². The monoisotopic (exact) mass is 478 g/mol. The van der Waals surface area contributed by atoms with E-state index in [0.29, 0.717) is 19.3 Å². The van der Waals surface area contributed by atoms with Crippen molar-refractivity contribution in [2.45, 2.75) is 89.3 Å². The summed E-state index contributed by atoms with van der Waals surface area (Å²) < 4.78 is 6.04. The van der Waals surface area contributed by atoms with E-state index in [4.69, 9.17) is 4.74 Å². The minimum absolute atomic E-state index is 0.317. The lowest BCUT2D eigenvalue weighted by atomic mass is 9.80. The summed E-state index contributed by atoms with van der Waals surface area (Å²) in [5, 5.41) is 5.50. The van der Waals surface area contributed by atoms with Gasteiger partial charge in [0.05, 0.1) is 6.04 Å². The zero-order valence-corrected chi connectivity index (χ0v) is 20.9. The number of carbonyl (C=O) groups is 3. The number of hydrogen-bond acceptors (Lipinski definition) is 4. The van der Waals surface area contributed by atoms with Gasteiger partial charge >= 0.3 is 6.09 Å². The molecule has 2 atom stereocenters. The van der Waals surface area contributed by atoms with Crippen LogP contribution in [0.5, 0.6) is 0 Å². The van der Waals surface area contributed by atoms with Crippen LogP contribution in [-0.4, -0.2) is 29.4 Å². The fourth-order valence-electron chi connectivity index (χ4n) is 4.78. The maximum atomic E-state index is 13.0. The Bertz CT molecular complexity index is 955. The summed E-state index contributed by atoms with van der Waals surface area (Å²) in [6.45, 7) is 3.84. The molecule has 1 aliphatic rings. The van der Waals surface area contributed by atoms with Crippen LogP contribution in [0.1, 0.15) is 82.4 Å². The van der Waals surface area contributed by atoms with Crippen molar-refractivity contribution >= 4 is 17.8 Å². The SMILES string of the molecule is CCCCC(NC(=O)OC1(Cc2ccccc2)CCCCC1)C(=O)C(=O)N[C@H](C)c1ccccc1. The lowest BCUT2D eigenvalue weighted by Gasteiger charge is -2.37. The summed E-state index contributed by atoms with van der Waals surface area (Å²) >= 11 is 0. The standard InChI is InChI=1S/C29H38N2O4/c1-3-4-18-25(26(32)27(33)30-22(2)24-16-10-6-11-17-24)31-28(34)35-29(19-12-7-13-20-29)21-23-14-8-5-9-15-23/h5-6,8-11,14-17,22,25H,3-4,7,12-13,18-21H2,1-2H3,(H,30,33)(H,31,34)/t22-,25?/m1/s1. The normalized spacial score (nSPS) is 16.5. The van der Waals surface area contributed by atoms with E-state index in [0.717, 1.165) is 49.7 Å². The molecule has 2 aromatic rings. The summed E-state index contributed by atoms with van der Waals surface area (Å²) in [5.74, 6) is -1.33. The fourth-order valence-corrected chi connectivity index (χ4v) is 4.78. The lowest BCUT2D eigenvalue weighted by Crippen LogP contribution is -2.50. The van der Waals surface area contributed by atoms with Crippen LogP contribution in [0.4, 0.5) is 4.79 Å². The third-order valence-corrected chi connectivity index (χ3v) is 6.77. The Morgan fingerprint density at radius 1 is 0.914 bits per heavy atom. The molecule has 1 aliphatic carbocycles. The van der Waals surface area contributed by atoms with Gasteiger partial charge in [-0.3, -0.25) is 9.59 Å². The Morgan fingerprint density at radius 2 is 1.54 bits per heavy atom. The number of hydrogen-bond donors (Lipinski definition) is 2. The molecule has 1 unspecified atom stereocenters. The van der Waals surface area contributed by atoms with Crippen LogP contribution in [-0.2, 0) is 20.7 Å². The number of ketones is 1. The van der Waals surface area contributed by atoms with Gasteiger partial charge in [0.2, 0.25) is 5.78 Å². The van der Waals surface area contributed by atoms with E-state index < -0.39 is 29.4 Å². The molecule has 0 bridgehead atoms. The van der Waals surface area contributed by atoms with Crippen LogP contribution < -0.4 is 10.6 Å². The number of rotatable bonds is 11. The first-order chi connectivity index (χ1) is 16.9. The van der Waals surface area contributed by atoms with Crippen molar-refractivity contribution < 1.29 is 19.1 Å². The zero-order chi connectivity index (χ0) is 25.1. The van der Waals surface area contributed by atoms with E-state index in [1.54, 1.807) is 0 Å².